The van der Waals surface area contributed by atoms with Crippen molar-refractivity contribution in [1.29, 1.82) is 0 Å². The van der Waals surface area contributed by atoms with Crippen LogP contribution in [0.1, 0.15) is 31.8 Å². The Bertz CT molecular complexity index is 1200. The molecular formula is C24H19NO6. The summed E-state index contributed by atoms with van der Waals surface area (Å²) < 4.78 is 21.9. The van der Waals surface area contributed by atoms with Crippen LogP contribution < -0.4 is 18.9 Å². The van der Waals surface area contributed by atoms with E-state index in [1.165, 1.54) is 12.4 Å². The first-order chi connectivity index (χ1) is 15.0. The van der Waals surface area contributed by atoms with E-state index in [0.717, 1.165) is 5.56 Å². The fourth-order valence-electron chi connectivity index (χ4n) is 3.22. The Labute approximate surface area is 178 Å². The number of carbonyl (C=O) groups excluding carboxylic acids is 2. The monoisotopic (exact) mass is 417 g/mol. The van der Waals surface area contributed by atoms with Gasteiger partial charge in [-0.2, -0.15) is 0 Å². The van der Waals surface area contributed by atoms with E-state index in [2.05, 4.69) is 4.98 Å². The highest BCUT2D eigenvalue weighted by Crippen LogP contribution is 2.40. The lowest BCUT2D eigenvalue weighted by Gasteiger charge is -2.10. The number of ether oxygens (including phenoxy) is 4. The second kappa shape index (κ2) is 8.31. The lowest BCUT2D eigenvalue weighted by atomic mass is 10.1. The second-order valence-corrected chi connectivity index (χ2v) is 6.74. The molecule has 0 fully saturated rings. The number of Topliss-reactive ketones (excluding diaryl/α,β-unsaturated/α-hetero) is 1. The number of ketones is 1. The first-order valence-electron chi connectivity index (χ1n) is 9.44. The molecule has 0 amide bonds. The molecule has 1 aliphatic rings. The van der Waals surface area contributed by atoms with Gasteiger partial charge in [0.2, 0.25) is 5.78 Å². The molecule has 0 saturated carbocycles. The van der Waals surface area contributed by atoms with Crippen molar-refractivity contribution in [1.82, 2.24) is 4.98 Å². The Morgan fingerprint density at radius 3 is 2.39 bits per heavy atom. The summed E-state index contributed by atoms with van der Waals surface area (Å²) in [5.41, 5.74) is 2.06. The number of methoxy groups -OCH3 is 2. The molecule has 4 rings (SSSR count). The average molecular weight is 417 g/mol. The van der Waals surface area contributed by atoms with Crippen LogP contribution in [0.15, 0.2) is 60.6 Å². The molecule has 2 aromatic carbocycles. The van der Waals surface area contributed by atoms with E-state index in [-0.39, 0.29) is 11.5 Å². The van der Waals surface area contributed by atoms with Crippen LogP contribution in [0, 0.1) is 6.92 Å². The molecule has 1 aromatic heterocycles. The number of nitrogens with zero attached hydrogens (tertiary/aromatic N) is 1. The standard InChI is InChI=1S/C24H19NO6/c1-14-18(31-24(27)16-8-10-25-11-9-16)7-5-17-22(26)21(30-23(14)17)13-15-4-6-19(28-2)20(12-15)29-3/h4-13H,1-3H3/b21-13-. The van der Waals surface area contributed by atoms with Gasteiger partial charge in [-0.15, -0.1) is 0 Å². The molecule has 3 aromatic rings. The number of rotatable bonds is 5. The minimum Gasteiger partial charge on any atom is -0.493 e. The van der Waals surface area contributed by atoms with Crippen LogP contribution in [0.3, 0.4) is 0 Å². The van der Waals surface area contributed by atoms with Crippen molar-refractivity contribution in [2.24, 2.45) is 0 Å². The number of allylic oxidation sites excluding steroid dienone is 1. The number of carbonyl (C=O) groups is 2. The van der Waals surface area contributed by atoms with Crippen LogP contribution in [0.4, 0.5) is 0 Å². The van der Waals surface area contributed by atoms with Crippen LogP contribution in [0.2, 0.25) is 0 Å². The molecule has 156 valence electrons. The number of hydrogen-bond donors (Lipinski definition) is 0. The Morgan fingerprint density at radius 2 is 1.68 bits per heavy atom. The molecule has 1 aliphatic heterocycles. The maximum atomic E-state index is 12.8. The van der Waals surface area contributed by atoms with Gasteiger partial charge < -0.3 is 18.9 Å². The number of fused-ring (bicyclic) bond motifs is 1. The van der Waals surface area contributed by atoms with Gasteiger partial charge in [0.15, 0.2) is 17.3 Å². The van der Waals surface area contributed by atoms with Crippen LogP contribution in [-0.2, 0) is 0 Å². The summed E-state index contributed by atoms with van der Waals surface area (Å²) in [5.74, 6) is 1.22. The number of benzene rings is 2. The Morgan fingerprint density at radius 1 is 0.968 bits per heavy atom. The topological polar surface area (TPSA) is 84.0 Å². The molecule has 7 nitrogen and oxygen atoms in total. The second-order valence-electron chi connectivity index (χ2n) is 6.74. The summed E-state index contributed by atoms with van der Waals surface area (Å²) in [6.07, 6.45) is 4.66. The van der Waals surface area contributed by atoms with Gasteiger partial charge in [-0.25, -0.2) is 4.79 Å². The smallest absolute Gasteiger partial charge is 0.343 e. The van der Waals surface area contributed by atoms with E-state index >= 15 is 0 Å². The third kappa shape index (κ3) is 3.85. The van der Waals surface area contributed by atoms with Gasteiger partial charge in [-0.3, -0.25) is 9.78 Å². The normalized spacial score (nSPS) is 13.5. The zero-order valence-corrected chi connectivity index (χ0v) is 17.2. The number of hydrogen-bond acceptors (Lipinski definition) is 7. The zero-order valence-electron chi connectivity index (χ0n) is 17.2. The van der Waals surface area contributed by atoms with E-state index in [1.807, 2.05) is 0 Å². The lowest BCUT2D eigenvalue weighted by molar-refractivity contribution is 0.0733. The highest BCUT2D eigenvalue weighted by Gasteiger charge is 2.30. The molecule has 0 spiro atoms. The molecule has 0 aliphatic carbocycles. The van der Waals surface area contributed by atoms with Gasteiger partial charge in [-0.1, -0.05) is 6.07 Å². The van der Waals surface area contributed by atoms with Crippen molar-refractivity contribution in [2.75, 3.05) is 14.2 Å². The minimum absolute atomic E-state index is 0.169. The third-order valence-corrected chi connectivity index (χ3v) is 4.86. The van der Waals surface area contributed by atoms with E-state index in [1.54, 1.807) is 69.7 Å². The lowest BCUT2D eigenvalue weighted by Crippen LogP contribution is -2.09. The molecule has 0 saturated heterocycles. The van der Waals surface area contributed by atoms with Crippen molar-refractivity contribution < 1.29 is 28.5 Å². The van der Waals surface area contributed by atoms with Crippen molar-refractivity contribution in [3.05, 3.63) is 82.9 Å². The summed E-state index contributed by atoms with van der Waals surface area (Å²) >= 11 is 0. The SMILES string of the molecule is COc1ccc(/C=C2\Oc3c(ccc(OC(=O)c4ccncc4)c3C)C2=O)cc1OC. The first-order valence-corrected chi connectivity index (χ1v) is 9.44. The number of pyridine rings is 1. The van der Waals surface area contributed by atoms with Gasteiger partial charge in [0.25, 0.3) is 0 Å². The van der Waals surface area contributed by atoms with Crippen molar-refractivity contribution in [3.63, 3.8) is 0 Å². The maximum absolute atomic E-state index is 12.8. The minimum atomic E-state index is -0.518. The number of aromatic nitrogens is 1. The van der Waals surface area contributed by atoms with Gasteiger partial charge in [0.05, 0.1) is 25.3 Å². The van der Waals surface area contributed by atoms with Crippen molar-refractivity contribution in [3.8, 4) is 23.0 Å². The van der Waals surface area contributed by atoms with Gasteiger partial charge >= 0.3 is 5.97 Å². The molecule has 7 heteroatoms. The van der Waals surface area contributed by atoms with Gasteiger partial charge in [0, 0.05) is 18.0 Å². The summed E-state index contributed by atoms with van der Waals surface area (Å²) in [6.45, 7) is 1.74. The Hall–Kier alpha value is -4.13. The largest absolute Gasteiger partial charge is 0.493 e. The van der Waals surface area contributed by atoms with Gasteiger partial charge in [-0.05, 0) is 55.0 Å². The van der Waals surface area contributed by atoms with E-state index in [9.17, 15) is 9.59 Å². The predicted octanol–water partition coefficient (Wildman–Crippen LogP) is 4.24. The van der Waals surface area contributed by atoms with Crippen molar-refractivity contribution >= 4 is 17.8 Å². The van der Waals surface area contributed by atoms with E-state index < -0.39 is 5.97 Å². The Kier molecular flexibility index (Phi) is 5.41. The van der Waals surface area contributed by atoms with E-state index in [4.69, 9.17) is 18.9 Å². The predicted molar refractivity (Wildman–Crippen MR) is 113 cm³/mol. The fourth-order valence-corrected chi connectivity index (χ4v) is 3.22. The quantitative estimate of drug-likeness (QED) is 0.349. The van der Waals surface area contributed by atoms with Crippen molar-refractivity contribution in [2.45, 2.75) is 6.92 Å². The van der Waals surface area contributed by atoms with Crippen LogP contribution >= 0.6 is 0 Å². The highest BCUT2D eigenvalue weighted by atomic mass is 16.5. The third-order valence-electron chi connectivity index (χ3n) is 4.86. The molecular weight excluding hydrogens is 398 g/mol. The molecule has 0 atom stereocenters. The summed E-state index contributed by atoms with van der Waals surface area (Å²) in [5, 5.41) is 0. The average Bonchev–Trinajstić information content (AvgIpc) is 3.12. The van der Waals surface area contributed by atoms with E-state index in [0.29, 0.717) is 39.7 Å². The highest BCUT2D eigenvalue weighted by molar-refractivity contribution is 6.15. The molecule has 0 unspecified atom stereocenters. The van der Waals surface area contributed by atoms with Crippen LogP contribution in [-0.4, -0.2) is 31.0 Å². The summed E-state index contributed by atoms with van der Waals surface area (Å²) in [4.78, 5) is 29.1. The first kappa shape index (κ1) is 20.2. The fraction of sp³-hybridized carbons (Fsp3) is 0.125. The Balaban J connectivity index is 1.61. The molecule has 31 heavy (non-hydrogen) atoms. The van der Waals surface area contributed by atoms with Crippen LogP contribution in [0.5, 0.6) is 23.0 Å². The maximum Gasteiger partial charge on any atom is 0.343 e. The van der Waals surface area contributed by atoms with Crippen LogP contribution in [0.25, 0.3) is 6.08 Å². The zero-order chi connectivity index (χ0) is 22.0. The van der Waals surface area contributed by atoms with Gasteiger partial charge in [0.1, 0.15) is 11.5 Å². The molecule has 0 radical (unpaired) electrons. The molecule has 0 N–H and O–H groups in total. The number of esters is 1. The summed E-state index contributed by atoms with van der Waals surface area (Å²) in [6, 6.07) is 11.6. The summed E-state index contributed by atoms with van der Waals surface area (Å²) in [7, 11) is 3.10. The molecule has 0 bridgehead atoms. The molecule has 2 heterocycles.